The van der Waals surface area contributed by atoms with E-state index in [1.165, 1.54) is 22.7 Å². The summed E-state index contributed by atoms with van der Waals surface area (Å²) in [6.07, 6.45) is 0. The molecule has 0 N–H and O–H groups in total. The molecule has 2 amide bonds. The van der Waals surface area contributed by atoms with Crippen molar-refractivity contribution < 1.29 is 9.59 Å². The first-order valence-corrected chi connectivity index (χ1v) is 8.96. The predicted octanol–water partition coefficient (Wildman–Crippen LogP) is 1.44. The zero-order valence-electron chi connectivity index (χ0n) is 11.7. The third-order valence-electron chi connectivity index (χ3n) is 4.36. The maximum absolute atomic E-state index is 12.3. The largest absolute Gasteiger partial charge is 0.337 e. The van der Waals surface area contributed by atoms with Crippen molar-refractivity contribution in [1.82, 2.24) is 19.8 Å². The zero-order valence-corrected chi connectivity index (χ0v) is 13.3. The van der Waals surface area contributed by atoms with E-state index in [1.54, 1.807) is 21.8 Å². The highest BCUT2D eigenvalue weighted by atomic mass is 32.1. The highest BCUT2D eigenvalue weighted by Crippen LogP contribution is 2.32. The number of hydrogen-bond acceptors (Lipinski definition) is 6. The summed E-state index contributed by atoms with van der Waals surface area (Å²) in [5.74, 6) is 0.747. The van der Waals surface area contributed by atoms with E-state index in [1.807, 2.05) is 9.80 Å². The van der Waals surface area contributed by atoms with Gasteiger partial charge in [-0.05, 0) is 0 Å². The van der Waals surface area contributed by atoms with Gasteiger partial charge < -0.3 is 9.80 Å². The van der Waals surface area contributed by atoms with Gasteiger partial charge in [0.1, 0.15) is 11.4 Å². The molecule has 0 radical (unpaired) electrons. The first-order valence-electron chi connectivity index (χ1n) is 7.07. The highest BCUT2D eigenvalue weighted by Gasteiger charge is 2.43. The lowest BCUT2D eigenvalue weighted by Crippen LogP contribution is -2.35. The van der Waals surface area contributed by atoms with Crippen LogP contribution in [0.15, 0.2) is 21.8 Å². The number of aromatic nitrogens is 2. The van der Waals surface area contributed by atoms with E-state index in [-0.39, 0.29) is 11.8 Å². The van der Waals surface area contributed by atoms with Gasteiger partial charge in [-0.25, -0.2) is 9.97 Å². The van der Waals surface area contributed by atoms with Crippen LogP contribution in [0.25, 0.3) is 0 Å². The minimum atomic E-state index is 0.00743. The molecule has 6 nitrogen and oxygen atoms in total. The second-order valence-electron chi connectivity index (χ2n) is 5.69. The lowest BCUT2D eigenvalue weighted by atomic mass is 10.0. The molecule has 2 saturated heterocycles. The Morgan fingerprint density at radius 2 is 1.27 bits per heavy atom. The summed E-state index contributed by atoms with van der Waals surface area (Å²) >= 11 is 2.87. The molecule has 8 heteroatoms. The standard InChI is InChI=1S/C14H14N4O2S2/c19-13(11-5-21-7-15-11)17-1-9-2-18(4-10(9)3-17)14(20)12-6-22-8-16-12/h5-10H,1-4H2. The van der Waals surface area contributed by atoms with Crippen molar-refractivity contribution in [1.29, 1.82) is 0 Å². The van der Waals surface area contributed by atoms with Crippen LogP contribution < -0.4 is 0 Å². The number of likely N-dealkylation sites (tertiary alicyclic amines) is 2. The molecular formula is C14H14N4O2S2. The number of carbonyl (C=O) groups is 2. The molecule has 0 aliphatic carbocycles. The minimum Gasteiger partial charge on any atom is -0.337 e. The Balaban J connectivity index is 1.40. The Hall–Kier alpha value is -1.80. The molecule has 2 aromatic rings. The van der Waals surface area contributed by atoms with Gasteiger partial charge in [0.05, 0.1) is 11.0 Å². The van der Waals surface area contributed by atoms with Gasteiger partial charge in [-0.15, -0.1) is 22.7 Å². The van der Waals surface area contributed by atoms with Crippen molar-refractivity contribution in [2.75, 3.05) is 26.2 Å². The van der Waals surface area contributed by atoms with Crippen molar-refractivity contribution in [3.63, 3.8) is 0 Å². The molecule has 4 rings (SSSR count). The Morgan fingerprint density at radius 1 is 0.864 bits per heavy atom. The third kappa shape index (κ3) is 2.32. The molecule has 2 aromatic heterocycles. The molecule has 0 aromatic carbocycles. The van der Waals surface area contributed by atoms with Gasteiger partial charge in [-0.3, -0.25) is 9.59 Å². The molecule has 114 valence electrons. The number of hydrogen-bond donors (Lipinski definition) is 0. The first kappa shape index (κ1) is 13.8. The van der Waals surface area contributed by atoms with E-state index in [9.17, 15) is 9.59 Å². The van der Waals surface area contributed by atoms with Crippen LogP contribution >= 0.6 is 22.7 Å². The number of rotatable bonds is 2. The van der Waals surface area contributed by atoms with Crippen LogP contribution in [0.3, 0.4) is 0 Å². The molecule has 0 atom stereocenters. The molecule has 0 saturated carbocycles. The van der Waals surface area contributed by atoms with Gasteiger partial charge in [0.15, 0.2) is 0 Å². The summed E-state index contributed by atoms with van der Waals surface area (Å²) in [7, 11) is 0. The van der Waals surface area contributed by atoms with Gasteiger partial charge in [0, 0.05) is 48.8 Å². The molecule has 22 heavy (non-hydrogen) atoms. The zero-order chi connectivity index (χ0) is 15.1. The van der Waals surface area contributed by atoms with Crippen molar-refractivity contribution in [3.05, 3.63) is 33.2 Å². The van der Waals surface area contributed by atoms with E-state index >= 15 is 0 Å². The number of thiazole rings is 2. The molecule has 2 fully saturated rings. The molecule has 2 aliphatic rings. The van der Waals surface area contributed by atoms with Crippen LogP contribution in [0.2, 0.25) is 0 Å². The Bertz CT molecular complexity index is 614. The Labute approximate surface area is 135 Å². The number of nitrogens with zero attached hydrogens (tertiary/aromatic N) is 4. The number of amides is 2. The van der Waals surface area contributed by atoms with Crippen LogP contribution in [-0.2, 0) is 0 Å². The van der Waals surface area contributed by atoms with E-state index in [4.69, 9.17) is 0 Å². The van der Waals surface area contributed by atoms with Crippen LogP contribution in [0.4, 0.5) is 0 Å². The Kier molecular flexibility index (Phi) is 3.42. The highest BCUT2D eigenvalue weighted by molar-refractivity contribution is 7.08. The smallest absolute Gasteiger partial charge is 0.273 e. The SMILES string of the molecule is O=C(c1cscn1)N1CC2CN(C(=O)c3cscn3)CC2C1. The minimum absolute atomic E-state index is 0.00743. The monoisotopic (exact) mass is 334 g/mol. The molecule has 4 heterocycles. The fraction of sp³-hybridized carbons (Fsp3) is 0.429. The summed E-state index contributed by atoms with van der Waals surface area (Å²) < 4.78 is 0. The average molecular weight is 334 g/mol. The predicted molar refractivity (Wildman–Crippen MR) is 83.0 cm³/mol. The average Bonchev–Trinajstić information content (AvgIpc) is 3.28. The van der Waals surface area contributed by atoms with Crippen molar-refractivity contribution in [2.45, 2.75) is 0 Å². The molecule has 2 aliphatic heterocycles. The summed E-state index contributed by atoms with van der Waals surface area (Å²) in [6.45, 7) is 2.84. The topological polar surface area (TPSA) is 66.4 Å². The van der Waals surface area contributed by atoms with Crippen molar-refractivity contribution in [2.24, 2.45) is 11.8 Å². The second-order valence-corrected chi connectivity index (χ2v) is 7.13. The van der Waals surface area contributed by atoms with E-state index in [0.717, 1.165) is 0 Å². The van der Waals surface area contributed by atoms with E-state index < -0.39 is 0 Å². The normalized spacial score (nSPS) is 23.8. The van der Waals surface area contributed by atoms with Crippen LogP contribution in [0.1, 0.15) is 21.0 Å². The van der Waals surface area contributed by atoms with Crippen LogP contribution in [0.5, 0.6) is 0 Å². The number of fused-ring (bicyclic) bond motifs is 1. The molecular weight excluding hydrogens is 320 g/mol. The molecule has 0 unspecified atom stereocenters. The summed E-state index contributed by atoms with van der Waals surface area (Å²) in [6, 6.07) is 0. The first-order chi connectivity index (χ1) is 10.7. The van der Waals surface area contributed by atoms with Crippen LogP contribution in [0, 0.1) is 11.8 Å². The fourth-order valence-corrected chi connectivity index (χ4v) is 4.34. The lowest BCUT2D eigenvalue weighted by molar-refractivity contribution is 0.0733. The van der Waals surface area contributed by atoms with Gasteiger partial charge in [0.25, 0.3) is 11.8 Å². The third-order valence-corrected chi connectivity index (χ3v) is 5.54. The van der Waals surface area contributed by atoms with E-state index in [2.05, 4.69) is 9.97 Å². The van der Waals surface area contributed by atoms with Gasteiger partial charge >= 0.3 is 0 Å². The summed E-state index contributed by atoms with van der Waals surface area (Å²) in [5, 5.41) is 3.57. The lowest BCUT2D eigenvalue weighted by Gasteiger charge is -2.20. The van der Waals surface area contributed by atoms with Crippen molar-refractivity contribution >= 4 is 34.5 Å². The fourth-order valence-electron chi connectivity index (χ4n) is 3.29. The summed E-state index contributed by atoms with van der Waals surface area (Å²) in [5.41, 5.74) is 4.41. The summed E-state index contributed by atoms with van der Waals surface area (Å²) in [4.78, 5) is 36.6. The Morgan fingerprint density at radius 3 is 1.59 bits per heavy atom. The van der Waals surface area contributed by atoms with Gasteiger partial charge in [0.2, 0.25) is 0 Å². The maximum atomic E-state index is 12.3. The van der Waals surface area contributed by atoms with Crippen molar-refractivity contribution in [3.8, 4) is 0 Å². The van der Waals surface area contributed by atoms with E-state index in [0.29, 0.717) is 49.4 Å². The molecule has 0 bridgehead atoms. The number of carbonyl (C=O) groups excluding carboxylic acids is 2. The van der Waals surface area contributed by atoms with Gasteiger partial charge in [-0.2, -0.15) is 0 Å². The maximum Gasteiger partial charge on any atom is 0.273 e. The second kappa shape index (κ2) is 5.44. The van der Waals surface area contributed by atoms with Gasteiger partial charge in [-0.1, -0.05) is 0 Å². The van der Waals surface area contributed by atoms with Crippen LogP contribution in [-0.4, -0.2) is 57.8 Å². The quantitative estimate of drug-likeness (QED) is 0.834. The molecule has 0 spiro atoms.